The lowest BCUT2D eigenvalue weighted by Gasteiger charge is -1.99. The highest BCUT2D eigenvalue weighted by Gasteiger charge is 2.12. The molecule has 8 heteroatoms. The monoisotopic (exact) mass is 306 g/mol. The molecule has 0 amide bonds. The molecule has 0 aliphatic carbocycles. The van der Waals surface area contributed by atoms with E-state index in [1.165, 1.54) is 18.9 Å². The molecule has 0 atom stereocenters. The number of nitrogens with zero attached hydrogens (tertiary/aromatic N) is 4. The van der Waals surface area contributed by atoms with Gasteiger partial charge < -0.3 is 4.74 Å². The van der Waals surface area contributed by atoms with Crippen molar-refractivity contribution in [3.63, 3.8) is 0 Å². The molecule has 0 aliphatic rings. The number of fused-ring (bicyclic) bond motifs is 1. The van der Waals surface area contributed by atoms with E-state index in [0.29, 0.717) is 10.9 Å². The fourth-order valence-electron chi connectivity index (χ4n) is 1.65. The SMILES string of the molecule is COC(=O)CSc1nc2nccc(-c3ccsc3)n2n1. The van der Waals surface area contributed by atoms with Gasteiger partial charge in [-0.2, -0.15) is 20.8 Å². The standard InChI is InChI=1S/C12H10N4O2S2/c1-18-10(17)7-20-12-14-11-13-4-2-9(16(11)15-12)8-3-5-19-6-8/h2-6H,7H2,1H3. The minimum absolute atomic E-state index is 0.182. The fraction of sp³-hybridized carbons (Fsp3) is 0.167. The largest absolute Gasteiger partial charge is 0.468 e. The molecule has 102 valence electrons. The van der Waals surface area contributed by atoms with E-state index in [9.17, 15) is 4.79 Å². The summed E-state index contributed by atoms with van der Waals surface area (Å²) in [5.41, 5.74) is 1.99. The molecule has 0 radical (unpaired) electrons. The Morgan fingerprint density at radius 1 is 1.50 bits per heavy atom. The summed E-state index contributed by atoms with van der Waals surface area (Å²) in [5, 5.41) is 8.93. The number of ether oxygens (including phenoxy) is 1. The van der Waals surface area contributed by atoms with Crippen molar-refractivity contribution in [2.75, 3.05) is 12.9 Å². The summed E-state index contributed by atoms with van der Waals surface area (Å²) in [6, 6.07) is 3.90. The topological polar surface area (TPSA) is 69.4 Å². The number of thiophene rings is 1. The van der Waals surface area contributed by atoms with E-state index >= 15 is 0 Å². The van der Waals surface area contributed by atoms with Gasteiger partial charge in [0.2, 0.25) is 5.16 Å². The number of carbonyl (C=O) groups is 1. The Morgan fingerprint density at radius 2 is 2.40 bits per heavy atom. The van der Waals surface area contributed by atoms with Crippen LogP contribution < -0.4 is 0 Å². The number of rotatable bonds is 4. The van der Waals surface area contributed by atoms with Crippen LogP contribution in [0, 0.1) is 0 Å². The van der Waals surface area contributed by atoms with Crippen molar-refractivity contribution in [1.29, 1.82) is 0 Å². The number of carbonyl (C=O) groups excluding carboxylic acids is 1. The highest BCUT2D eigenvalue weighted by Crippen LogP contribution is 2.23. The Hall–Kier alpha value is -1.93. The number of hydrogen-bond donors (Lipinski definition) is 0. The third-order valence-corrected chi connectivity index (χ3v) is 4.08. The Labute approximate surface area is 122 Å². The average molecular weight is 306 g/mol. The van der Waals surface area contributed by atoms with Gasteiger partial charge in [0, 0.05) is 17.1 Å². The molecular formula is C12H10N4O2S2. The molecule has 0 spiro atoms. The Morgan fingerprint density at radius 3 is 3.15 bits per heavy atom. The summed E-state index contributed by atoms with van der Waals surface area (Å²) in [6.07, 6.45) is 1.70. The normalized spacial score (nSPS) is 10.8. The van der Waals surface area contributed by atoms with E-state index in [-0.39, 0.29) is 11.7 Å². The van der Waals surface area contributed by atoms with Gasteiger partial charge in [-0.3, -0.25) is 4.79 Å². The lowest BCUT2D eigenvalue weighted by atomic mass is 10.2. The summed E-state index contributed by atoms with van der Waals surface area (Å²) in [7, 11) is 1.36. The summed E-state index contributed by atoms with van der Waals surface area (Å²) >= 11 is 2.85. The number of aromatic nitrogens is 4. The lowest BCUT2D eigenvalue weighted by molar-refractivity contribution is -0.137. The van der Waals surface area contributed by atoms with E-state index in [1.807, 2.05) is 22.9 Å². The van der Waals surface area contributed by atoms with Crippen molar-refractivity contribution in [3.8, 4) is 11.3 Å². The minimum atomic E-state index is -0.306. The quantitative estimate of drug-likeness (QED) is 0.543. The second-order valence-corrected chi connectivity index (χ2v) is 5.54. The van der Waals surface area contributed by atoms with Crippen LogP contribution in [0.4, 0.5) is 0 Å². The van der Waals surface area contributed by atoms with Gasteiger partial charge in [-0.15, -0.1) is 5.10 Å². The number of methoxy groups -OCH3 is 1. The molecule has 20 heavy (non-hydrogen) atoms. The Bertz CT molecular complexity index is 739. The summed E-state index contributed by atoms with van der Waals surface area (Å²) in [5.74, 6) is 0.391. The van der Waals surface area contributed by atoms with E-state index < -0.39 is 0 Å². The van der Waals surface area contributed by atoms with Gasteiger partial charge in [-0.25, -0.2) is 4.98 Å². The second-order valence-electron chi connectivity index (χ2n) is 3.81. The van der Waals surface area contributed by atoms with Crippen LogP contribution in [-0.4, -0.2) is 38.4 Å². The van der Waals surface area contributed by atoms with E-state index in [1.54, 1.807) is 22.0 Å². The first kappa shape index (κ1) is 13.1. The molecule has 0 aromatic carbocycles. The van der Waals surface area contributed by atoms with Crippen molar-refractivity contribution >= 4 is 34.8 Å². The smallest absolute Gasteiger partial charge is 0.316 e. The van der Waals surface area contributed by atoms with Gasteiger partial charge in [-0.1, -0.05) is 11.8 Å². The van der Waals surface area contributed by atoms with Crippen LogP contribution in [0.1, 0.15) is 0 Å². The van der Waals surface area contributed by atoms with E-state index in [2.05, 4.69) is 19.8 Å². The molecule has 3 heterocycles. The molecule has 0 unspecified atom stereocenters. The average Bonchev–Trinajstić information content (AvgIpc) is 3.12. The van der Waals surface area contributed by atoms with Gasteiger partial charge in [0.15, 0.2) is 0 Å². The minimum Gasteiger partial charge on any atom is -0.468 e. The van der Waals surface area contributed by atoms with Crippen molar-refractivity contribution in [2.45, 2.75) is 5.16 Å². The molecule has 3 aromatic rings. The number of thioether (sulfide) groups is 1. The summed E-state index contributed by atoms with van der Waals surface area (Å²) in [6.45, 7) is 0. The third kappa shape index (κ3) is 2.52. The van der Waals surface area contributed by atoms with Gasteiger partial charge in [0.1, 0.15) is 0 Å². The zero-order valence-corrected chi connectivity index (χ0v) is 12.1. The first-order valence-corrected chi connectivity index (χ1v) is 7.65. The highest BCUT2D eigenvalue weighted by molar-refractivity contribution is 7.99. The van der Waals surface area contributed by atoms with Gasteiger partial charge >= 0.3 is 5.97 Å². The van der Waals surface area contributed by atoms with E-state index in [0.717, 1.165) is 11.3 Å². The van der Waals surface area contributed by atoms with Crippen molar-refractivity contribution < 1.29 is 9.53 Å². The summed E-state index contributed by atoms with van der Waals surface area (Å²) in [4.78, 5) is 19.6. The van der Waals surface area contributed by atoms with Crippen LogP contribution in [-0.2, 0) is 9.53 Å². The predicted octanol–water partition coefficient (Wildman–Crippen LogP) is 2.12. The number of hydrogen-bond acceptors (Lipinski definition) is 7. The van der Waals surface area contributed by atoms with Crippen LogP contribution >= 0.6 is 23.1 Å². The van der Waals surface area contributed by atoms with Crippen LogP contribution in [0.3, 0.4) is 0 Å². The fourth-order valence-corrected chi connectivity index (χ4v) is 2.95. The Kier molecular flexibility index (Phi) is 3.66. The molecule has 0 N–H and O–H groups in total. The molecule has 0 aliphatic heterocycles. The van der Waals surface area contributed by atoms with Gasteiger partial charge in [0.05, 0.1) is 18.6 Å². The Balaban J connectivity index is 1.95. The van der Waals surface area contributed by atoms with Crippen molar-refractivity contribution in [3.05, 3.63) is 29.1 Å². The maximum absolute atomic E-state index is 11.1. The zero-order chi connectivity index (χ0) is 13.9. The van der Waals surface area contributed by atoms with Crippen LogP contribution in [0.25, 0.3) is 17.0 Å². The molecule has 0 fully saturated rings. The third-order valence-electron chi connectivity index (χ3n) is 2.58. The molecular weight excluding hydrogens is 296 g/mol. The van der Waals surface area contributed by atoms with Crippen molar-refractivity contribution in [2.24, 2.45) is 0 Å². The van der Waals surface area contributed by atoms with Gasteiger partial charge in [-0.05, 0) is 17.5 Å². The lowest BCUT2D eigenvalue weighted by Crippen LogP contribution is -2.03. The second kappa shape index (κ2) is 5.59. The molecule has 3 aromatic heterocycles. The van der Waals surface area contributed by atoms with Crippen molar-refractivity contribution in [1.82, 2.24) is 19.6 Å². The van der Waals surface area contributed by atoms with Crippen LogP contribution in [0.5, 0.6) is 0 Å². The predicted molar refractivity (Wildman–Crippen MR) is 76.8 cm³/mol. The van der Waals surface area contributed by atoms with Gasteiger partial charge in [0.25, 0.3) is 5.78 Å². The summed E-state index contributed by atoms with van der Waals surface area (Å²) < 4.78 is 6.27. The molecule has 0 saturated carbocycles. The molecule has 0 saturated heterocycles. The molecule has 0 bridgehead atoms. The maximum atomic E-state index is 11.1. The first-order chi connectivity index (χ1) is 9.78. The zero-order valence-electron chi connectivity index (χ0n) is 10.5. The molecule has 6 nitrogen and oxygen atoms in total. The van der Waals surface area contributed by atoms with Crippen LogP contribution in [0.15, 0.2) is 34.2 Å². The number of esters is 1. The highest BCUT2D eigenvalue weighted by atomic mass is 32.2. The first-order valence-electron chi connectivity index (χ1n) is 5.72. The molecule has 3 rings (SSSR count). The van der Waals surface area contributed by atoms with E-state index in [4.69, 9.17) is 0 Å². The van der Waals surface area contributed by atoms with Crippen LogP contribution in [0.2, 0.25) is 0 Å². The maximum Gasteiger partial charge on any atom is 0.316 e.